The van der Waals surface area contributed by atoms with Crippen LogP contribution in [-0.4, -0.2) is 43.6 Å². The second-order valence-corrected chi connectivity index (χ2v) is 7.17. The fourth-order valence-corrected chi connectivity index (χ4v) is 3.82. The Morgan fingerprint density at radius 1 is 1.26 bits per heavy atom. The molecule has 2 aliphatic rings. The second kappa shape index (κ2) is 6.91. The van der Waals surface area contributed by atoms with Gasteiger partial charge >= 0.3 is 0 Å². The zero-order chi connectivity index (χ0) is 16.3. The van der Waals surface area contributed by atoms with Crippen LogP contribution in [0, 0.1) is 19.3 Å². The van der Waals surface area contributed by atoms with Crippen LogP contribution < -0.4 is 10.1 Å². The van der Waals surface area contributed by atoms with Gasteiger partial charge in [0.1, 0.15) is 5.75 Å². The lowest BCUT2D eigenvalue weighted by atomic mass is 9.78. The Kier molecular flexibility index (Phi) is 4.90. The van der Waals surface area contributed by atoms with Crippen molar-refractivity contribution in [2.45, 2.75) is 39.5 Å². The van der Waals surface area contributed by atoms with Gasteiger partial charge in [0, 0.05) is 19.6 Å². The summed E-state index contributed by atoms with van der Waals surface area (Å²) in [5.41, 5.74) is 2.83. The highest BCUT2D eigenvalue weighted by Crippen LogP contribution is 2.36. The molecule has 2 saturated heterocycles. The smallest absolute Gasteiger partial charge is 0.225 e. The summed E-state index contributed by atoms with van der Waals surface area (Å²) in [5, 5.41) is 3.47. The number of likely N-dealkylation sites (tertiary alicyclic amines) is 1. The van der Waals surface area contributed by atoms with E-state index in [1.165, 1.54) is 12.0 Å². The normalized spacial score (nSPS) is 20.0. The Balaban J connectivity index is 1.43. The molecule has 0 atom stereocenters. The topological polar surface area (TPSA) is 41.6 Å². The molecule has 4 heteroatoms. The number of amides is 1. The van der Waals surface area contributed by atoms with E-state index in [2.05, 4.69) is 18.3 Å². The van der Waals surface area contributed by atoms with Crippen molar-refractivity contribution in [3.05, 3.63) is 29.3 Å². The minimum atomic E-state index is 0.232. The summed E-state index contributed by atoms with van der Waals surface area (Å²) in [7, 11) is 0. The van der Waals surface area contributed by atoms with E-state index in [0.29, 0.717) is 18.4 Å². The monoisotopic (exact) mass is 316 g/mol. The molecule has 1 N–H and O–H groups in total. The molecule has 0 aliphatic carbocycles. The molecular formula is C19H28N2O2. The van der Waals surface area contributed by atoms with E-state index in [0.717, 1.165) is 50.3 Å². The summed E-state index contributed by atoms with van der Waals surface area (Å²) in [5.74, 6) is 1.12. The first-order valence-corrected chi connectivity index (χ1v) is 8.77. The van der Waals surface area contributed by atoms with Crippen LogP contribution in [0.25, 0.3) is 0 Å². The first-order chi connectivity index (χ1) is 11.1. The van der Waals surface area contributed by atoms with E-state index in [9.17, 15) is 4.79 Å². The summed E-state index contributed by atoms with van der Waals surface area (Å²) in [6, 6.07) is 6.15. The minimum Gasteiger partial charge on any atom is -0.493 e. The molecule has 0 unspecified atom stereocenters. The molecule has 2 fully saturated rings. The van der Waals surface area contributed by atoms with E-state index in [1.807, 2.05) is 24.0 Å². The number of carbonyl (C=O) groups is 1. The van der Waals surface area contributed by atoms with Gasteiger partial charge in [-0.3, -0.25) is 4.79 Å². The van der Waals surface area contributed by atoms with E-state index < -0.39 is 0 Å². The van der Waals surface area contributed by atoms with Crippen LogP contribution in [0.15, 0.2) is 18.2 Å². The van der Waals surface area contributed by atoms with Crippen molar-refractivity contribution in [2.24, 2.45) is 5.41 Å². The van der Waals surface area contributed by atoms with Gasteiger partial charge in [-0.05, 0) is 56.7 Å². The van der Waals surface area contributed by atoms with Crippen LogP contribution in [0.4, 0.5) is 0 Å². The Morgan fingerprint density at radius 3 is 2.70 bits per heavy atom. The van der Waals surface area contributed by atoms with Gasteiger partial charge in [0.15, 0.2) is 0 Å². The standard InChI is InChI=1S/C19H28N2O2/c1-15-3-4-17(16(2)13-15)23-12-5-18(22)21-10-7-19(8-11-21)6-9-20-14-19/h3-4,13,20H,5-12,14H2,1-2H3. The summed E-state index contributed by atoms with van der Waals surface area (Å²) in [6.45, 7) is 8.66. The summed E-state index contributed by atoms with van der Waals surface area (Å²) >= 11 is 0. The lowest BCUT2D eigenvalue weighted by molar-refractivity contribution is -0.133. The summed E-state index contributed by atoms with van der Waals surface area (Å²) < 4.78 is 5.79. The fourth-order valence-electron chi connectivity index (χ4n) is 3.82. The molecule has 0 radical (unpaired) electrons. The molecule has 2 aliphatic heterocycles. The van der Waals surface area contributed by atoms with Gasteiger partial charge in [-0.2, -0.15) is 0 Å². The summed E-state index contributed by atoms with van der Waals surface area (Å²) in [4.78, 5) is 14.4. The van der Waals surface area contributed by atoms with Gasteiger partial charge in [0.05, 0.1) is 13.0 Å². The van der Waals surface area contributed by atoms with Gasteiger partial charge in [-0.15, -0.1) is 0 Å². The molecule has 126 valence electrons. The molecule has 2 heterocycles. The van der Waals surface area contributed by atoms with Crippen molar-refractivity contribution >= 4 is 5.91 Å². The fraction of sp³-hybridized carbons (Fsp3) is 0.632. The quantitative estimate of drug-likeness (QED) is 0.928. The maximum atomic E-state index is 12.4. The van der Waals surface area contributed by atoms with Crippen LogP contribution >= 0.6 is 0 Å². The molecule has 0 bridgehead atoms. The average molecular weight is 316 g/mol. The molecule has 1 amide bonds. The highest BCUT2D eigenvalue weighted by molar-refractivity contribution is 5.76. The lowest BCUT2D eigenvalue weighted by Gasteiger charge is -2.38. The Bertz CT molecular complexity index is 554. The second-order valence-electron chi connectivity index (χ2n) is 7.17. The maximum Gasteiger partial charge on any atom is 0.225 e. The molecule has 1 aromatic rings. The van der Waals surface area contributed by atoms with Gasteiger partial charge in [-0.1, -0.05) is 17.7 Å². The first kappa shape index (κ1) is 16.3. The molecule has 23 heavy (non-hydrogen) atoms. The van der Waals surface area contributed by atoms with Crippen LogP contribution in [-0.2, 0) is 4.79 Å². The van der Waals surface area contributed by atoms with Crippen LogP contribution in [0.5, 0.6) is 5.75 Å². The highest BCUT2D eigenvalue weighted by Gasteiger charge is 2.37. The van der Waals surface area contributed by atoms with Crippen molar-refractivity contribution in [1.29, 1.82) is 0 Å². The Labute approximate surface area is 139 Å². The van der Waals surface area contributed by atoms with Crippen molar-refractivity contribution in [3.63, 3.8) is 0 Å². The third-order valence-corrected chi connectivity index (χ3v) is 5.41. The molecule has 3 rings (SSSR count). The lowest BCUT2D eigenvalue weighted by Crippen LogP contribution is -2.44. The van der Waals surface area contributed by atoms with E-state index >= 15 is 0 Å². The van der Waals surface area contributed by atoms with Crippen molar-refractivity contribution in [3.8, 4) is 5.75 Å². The van der Waals surface area contributed by atoms with E-state index in [1.54, 1.807) is 0 Å². The van der Waals surface area contributed by atoms with Crippen LogP contribution in [0.1, 0.15) is 36.8 Å². The van der Waals surface area contributed by atoms with Crippen LogP contribution in [0.3, 0.4) is 0 Å². The largest absolute Gasteiger partial charge is 0.493 e. The Hall–Kier alpha value is -1.55. The zero-order valence-electron chi connectivity index (χ0n) is 14.4. The third-order valence-electron chi connectivity index (χ3n) is 5.41. The van der Waals surface area contributed by atoms with Crippen molar-refractivity contribution < 1.29 is 9.53 Å². The number of ether oxygens (including phenoxy) is 1. The maximum absolute atomic E-state index is 12.4. The predicted molar refractivity (Wildman–Crippen MR) is 91.8 cm³/mol. The first-order valence-electron chi connectivity index (χ1n) is 8.77. The average Bonchev–Trinajstić information content (AvgIpc) is 2.98. The van der Waals surface area contributed by atoms with Crippen LogP contribution in [0.2, 0.25) is 0 Å². The van der Waals surface area contributed by atoms with Crippen molar-refractivity contribution in [1.82, 2.24) is 10.2 Å². The molecule has 0 saturated carbocycles. The SMILES string of the molecule is Cc1ccc(OCCC(=O)N2CCC3(CCNC3)CC2)c(C)c1. The molecule has 0 aromatic heterocycles. The third kappa shape index (κ3) is 3.86. The Morgan fingerprint density at radius 2 is 2.04 bits per heavy atom. The number of rotatable bonds is 4. The number of carbonyl (C=O) groups excluding carboxylic acids is 1. The van der Waals surface area contributed by atoms with E-state index in [-0.39, 0.29) is 5.91 Å². The number of nitrogens with one attached hydrogen (secondary N) is 1. The number of hydrogen-bond acceptors (Lipinski definition) is 3. The zero-order valence-corrected chi connectivity index (χ0v) is 14.4. The van der Waals surface area contributed by atoms with E-state index in [4.69, 9.17) is 4.74 Å². The van der Waals surface area contributed by atoms with Gasteiger partial charge in [-0.25, -0.2) is 0 Å². The van der Waals surface area contributed by atoms with Gasteiger partial charge in [0.2, 0.25) is 5.91 Å². The van der Waals surface area contributed by atoms with Gasteiger partial charge < -0.3 is 15.0 Å². The number of aryl methyl sites for hydroxylation is 2. The minimum absolute atomic E-state index is 0.232. The number of hydrogen-bond donors (Lipinski definition) is 1. The van der Waals surface area contributed by atoms with Gasteiger partial charge in [0.25, 0.3) is 0 Å². The molecule has 4 nitrogen and oxygen atoms in total. The molecule has 1 aromatic carbocycles. The number of benzene rings is 1. The number of nitrogens with zero attached hydrogens (tertiary/aromatic N) is 1. The molecule has 1 spiro atoms. The number of piperidine rings is 1. The highest BCUT2D eigenvalue weighted by atomic mass is 16.5. The summed E-state index contributed by atoms with van der Waals surface area (Å²) in [6.07, 6.45) is 4.02. The molecular weight excluding hydrogens is 288 g/mol. The van der Waals surface area contributed by atoms with Crippen molar-refractivity contribution in [2.75, 3.05) is 32.8 Å². The predicted octanol–water partition coefficient (Wildman–Crippen LogP) is 2.67.